The van der Waals surface area contributed by atoms with Gasteiger partial charge in [-0.3, -0.25) is 9.69 Å². The van der Waals surface area contributed by atoms with Gasteiger partial charge >= 0.3 is 5.97 Å². The molecule has 3 unspecified atom stereocenters. The van der Waals surface area contributed by atoms with Crippen molar-refractivity contribution in [2.75, 3.05) is 19.7 Å². The van der Waals surface area contributed by atoms with Crippen molar-refractivity contribution in [1.82, 2.24) is 4.90 Å². The average Bonchev–Trinajstić information content (AvgIpc) is 2.75. The third-order valence-corrected chi connectivity index (χ3v) is 4.84. The predicted octanol–water partition coefficient (Wildman–Crippen LogP) is 1.99. The molecule has 18 heavy (non-hydrogen) atoms. The molecule has 2 aliphatic rings. The van der Waals surface area contributed by atoms with Gasteiger partial charge in [0.25, 0.3) is 0 Å². The lowest BCUT2D eigenvalue weighted by molar-refractivity contribution is -0.151. The summed E-state index contributed by atoms with van der Waals surface area (Å²) in [6.45, 7) is 8.60. The Balaban J connectivity index is 2.04. The van der Waals surface area contributed by atoms with Crippen LogP contribution in [0.2, 0.25) is 0 Å². The van der Waals surface area contributed by atoms with Crippen LogP contribution >= 0.6 is 0 Å². The molecule has 0 bridgehead atoms. The molecule has 4 nitrogen and oxygen atoms in total. The zero-order valence-electron chi connectivity index (χ0n) is 11.7. The number of aliphatic carboxylic acids is 1. The lowest BCUT2D eigenvalue weighted by atomic mass is 9.76. The lowest BCUT2D eigenvalue weighted by Gasteiger charge is -2.36. The molecule has 2 fully saturated rings. The summed E-state index contributed by atoms with van der Waals surface area (Å²) in [4.78, 5) is 14.0. The molecule has 0 aromatic rings. The number of rotatable bonds is 3. The standard InChI is InChI=1S/C14H25NO3/c1-10(2)14(13(16)17)5-6-15(9-14)12-4-7-18-11(3)8-12/h10-12H,4-9H2,1-3H3,(H,16,17). The normalized spacial score (nSPS) is 38.2. The Morgan fingerprint density at radius 2 is 2.22 bits per heavy atom. The van der Waals surface area contributed by atoms with Crippen molar-refractivity contribution in [1.29, 1.82) is 0 Å². The topological polar surface area (TPSA) is 49.8 Å². The largest absolute Gasteiger partial charge is 0.481 e. The number of carboxylic acid groups (broad SMARTS) is 1. The zero-order chi connectivity index (χ0) is 13.3. The van der Waals surface area contributed by atoms with E-state index in [1.54, 1.807) is 0 Å². The van der Waals surface area contributed by atoms with Crippen molar-refractivity contribution in [2.24, 2.45) is 11.3 Å². The Kier molecular flexibility index (Phi) is 3.97. The maximum absolute atomic E-state index is 11.6. The van der Waals surface area contributed by atoms with E-state index in [9.17, 15) is 9.90 Å². The van der Waals surface area contributed by atoms with Gasteiger partial charge in [-0.15, -0.1) is 0 Å². The first-order valence-corrected chi connectivity index (χ1v) is 7.05. The summed E-state index contributed by atoms with van der Waals surface area (Å²) in [5.74, 6) is -0.433. The number of nitrogens with zero attached hydrogens (tertiary/aromatic N) is 1. The van der Waals surface area contributed by atoms with E-state index in [1.165, 1.54) is 0 Å². The molecule has 104 valence electrons. The molecule has 0 amide bonds. The lowest BCUT2D eigenvalue weighted by Crippen LogP contribution is -2.44. The molecule has 0 saturated carbocycles. The van der Waals surface area contributed by atoms with Crippen LogP contribution in [-0.2, 0) is 9.53 Å². The summed E-state index contributed by atoms with van der Waals surface area (Å²) in [7, 11) is 0. The molecular weight excluding hydrogens is 230 g/mol. The fraction of sp³-hybridized carbons (Fsp3) is 0.929. The average molecular weight is 255 g/mol. The molecule has 0 radical (unpaired) electrons. The Bertz CT molecular complexity index is 318. The van der Waals surface area contributed by atoms with Gasteiger partial charge in [0.15, 0.2) is 0 Å². The number of ether oxygens (including phenoxy) is 1. The molecule has 2 saturated heterocycles. The molecule has 4 heteroatoms. The third kappa shape index (κ3) is 2.41. The summed E-state index contributed by atoms with van der Waals surface area (Å²) in [5, 5.41) is 9.55. The highest BCUT2D eigenvalue weighted by Crippen LogP contribution is 2.40. The summed E-state index contributed by atoms with van der Waals surface area (Å²) in [5.41, 5.74) is -0.540. The van der Waals surface area contributed by atoms with E-state index in [-0.39, 0.29) is 5.92 Å². The molecular formula is C14H25NO3. The maximum atomic E-state index is 11.6. The van der Waals surface area contributed by atoms with Crippen molar-refractivity contribution in [3.63, 3.8) is 0 Å². The van der Waals surface area contributed by atoms with Gasteiger partial charge in [0.1, 0.15) is 0 Å². The van der Waals surface area contributed by atoms with Gasteiger partial charge in [0.05, 0.1) is 11.5 Å². The summed E-state index contributed by atoms with van der Waals surface area (Å²) >= 11 is 0. The van der Waals surface area contributed by atoms with Crippen LogP contribution in [0.4, 0.5) is 0 Å². The molecule has 0 aromatic carbocycles. The van der Waals surface area contributed by atoms with Gasteiger partial charge < -0.3 is 9.84 Å². The molecule has 0 aromatic heterocycles. The predicted molar refractivity (Wildman–Crippen MR) is 69.5 cm³/mol. The van der Waals surface area contributed by atoms with Gasteiger partial charge in [-0.2, -0.15) is 0 Å². The van der Waals surface area contributed by atoms with Crippen LogP contribution in [0.1, 0.15) is 40.0 Å². The Hall–Kier alpha value is -0.610. The molecule has 2 aliphatic heterocycles. The van der Waals surface area contributed by atoms with E-state index in [4.69, 9.17) is 4.74 Å². The highest BCUT2D eigenvalue weighted by atomic mass is 16.5. The molecule has 2 rings (SSSR count). The first-order chi connectivity index (χ1) is 8.45. The van der Waals surface area contributed by atoms with Crippen molar-refractivity contribution < 1.29 is 14.6 Å². The number of hydrogen-bond donors (Lipinski definition) is 1. The molecule has 0 aliphatic carbocycles. The fourth-order valence-corrected chi connectivity index (χ4v) is 3.37. The van der Waals surface area contributed by atoms with Crippen molar-refractivity contribution in [3.8, 4) is 0 Å². The van der Waals surface area contributed by atoms with E-state index in [0.717, 1.165) is 32.4 Å². The van der Waals surface area contributed by atoms with E-state index >= 15 is 0 Å². The first kappa shape index (κ1) is 13.8. The van der Waals surface area contributed by atoms with E-state index in [2.05, 4.69) is 11.8 Å². The van der Waals surface area contributed by atoms with E-state index in [1.807, 2.05) is 13.8 Å². The molecule has 3 atom stereocenters. The third-order valence-electron chi connectivity index (χ3n) is 4.84. The minimum atomic E-state index is -0.625. The number of carbonyl (C=O) groups is 1. The van der Waals surface area contributed by atoms with Crippen LogP contribution in [0.25, 0.3) is 0 Å². The summed E-state index contributed by atoms with van der Waals surface area (Å²) < 4.78 is 5.57. The second-order valence-electron chi connectivity index (χ2n) is 6.20. The van der Waals surface area contributed by atoms with Gasteiger partial charge in [0.2, 0.25) is 0 Å². The fourth-order valence-electron chi connectivity index (χ4n) is 3.37. The van der Waals surface area contributed by atoms with Crippen LogP contribution in [0.3, 0.4) is 0 Å². The highest BCUT2D eigenvalue weighted by molar-refractivity contribution is 5.75. The van der Waals surface area contributed by atoms with Gasteiger partial charge in [0, 0.05) is 19.2 Å². The Morgan fingerprint density at radius 3 is 2.72 bits per heavy atom. The second-order valence-corrected chi connectivity index (χ2v) is 6.20. The van der Waals surface area contributed by atoms with Crippen molar-refractivity contribution >= 4 is 5.97 Å². The maximum Gasteiger partial charge on any atom is 0.311 e. The summed E-state index contributed by atoms with van der Waals surface area (Å²) in [6, 6.07) is 0.508. The second kappa shape index (κ2) is 5.17. The molecule has 1 N–H and O–H groups in total. The minimum absolute atomic E-state index is 0.192. The van der Waals surface area contributed by atoms with Crippen molar-refractivity contribution in [3.05, 3.63) is 0 Å². The van der Waals surface area contributed by atoms with Crippen LogP contribution < -0.4 is 0 Å². The number of hydrogen-bond acceptors (Lipinski definition) is 3. The van der Waals surface area contributed by atoms with Gasteiger partial charge in [-0.25, -0.2) is 0 Å². The first-order valence-electron chi connectivity index (χ1n) is 7.05. The zero-order valence-corrected chi connectivity index (χ0v) is 11.7. The smallest absolute Gasteiger partial charge is 0.311 e. The van der Waals surface area contributed by atoms with Crippen LogP contribution in [0, 0.1) is 11.3 Å². The minimum Gasteiger partial charge on any atom is -0.481 e. The number of likely N-dealkylation sites (tertiary alicyclic amines) is 1. The Morgan fingerprint density at radius 1 is 1.50 bits per heavy atom. The monoisotopic (exact) mass is 255 g/mol. The van der Waals surface area contributed by atoms with Gasteiger partial charge in [-0.1, -0.05) is 13.8 Å². The SMILES string of the molecule is CC1CC(N2CCC(C(=O)O)(C(C)C)C2)CCO1. The quantitative estimate of drug-likeness (QED) is 0.838. The van der Waals surface area contributed by atoms with Crippen LogP contribution in [-0.4, -0.2) is 47.8 Å². The van der Waals surface area contributed by atoms with E-state index in [0.29, 0.717) is 18.7 Å². The van der Waals surface area contributed by atoms with E-state index < -0.39 is 11.4 Å². The van der Waals surface area contributed by atoms with Crippen LogP contribution in [0.5, 0.6) is 0 Å². The molecule has 0 spiro atoms. The number of carboxylic acids is 1. The van der Waals surface area contributed by atoms with Gasteiger partial charge in [-0.05, 0) is 38.6 Å². The Labute approximate surface area is 109 Å². The highest BCUT2D eigenvalue weighted by Gasteiger charge is 2.48. The molecule has 2 heterocycles. The van der Waals surface area contributed by atoms with Crippen LogP contribution in [0.15, 0.2) is 0 Å². The van der Waals surface area contributed by atoms with Crippen molar-refractivity contribution in [2.45, 2.75) is 52.2 Å². The summed E-state index contributed by atoms with van der Waals surface area (Å²) in [6.07, 6.45) is 3.17.